The molecule has 0 spiro atoms. The van der Waals surface area contributed by atoms with Crippen molar-refractivity contribution in [3.05, 3.63) is 47.8 Å². The third kappa shape index (κ3) is 2.54. The Kier molecular flexibility index (Phi) is 3.57. The van der Waals surface area contributed by atoms with Crippen LogP contribution in [-0.2, 0) is 6.54 Å². The van der Waals surface area contributed by atoms with Crippen LogP contribution in [0.5, 0.6) is 0 Å². The van der Waals surface area contributed by atoms with Crippen molar-refractivity contribution in [2.24, 2.45) is 5.92 Å². The molecule has 1 heterocycles. The first-order chi connectivity index (χ1) is 8.22. The molecular weight excluding hydrogens is 210 g/mol. The highest BCUT2D eigenvalue weighted by molar-refractivity contribution is 5.27. The van der Waals surface area contributed by atoms with Crippen molar-refractivity contribution >= 4 is 0 Å². The van der Waals surface area contributed by atoms with E-state index in [0.717, 1.165) is 12.2 Å². The van der Waals surface area contributed by atoms with Crippen LogP contribution in [0.2, 0.25) is 0 Å². The molecule has 0 N–H and O–H groups in total. The van der Waals surface area contributed by atoms with Crippen molar-refractivity contribution in [3.63, 3.8) is 0 Å². The molecule has 0 aliphatic heterocycles. The standard InChI is InChI=1S/C14H19N3/c1-4-17-10-13(15-16-17)14(11(2)3)12-8-6-5-7-9-12/h5-11,14H,4H2,1-3H3. The first-order valence-electron chi connectivity index (χ1n) is 6.17. The minimum atomic E-state index is 0.330. The second kappa shape index (κ2) is 5.13. The van der Waals surface area contributed by atoms with Gasteiger partial charge in [0.25, 0.3) is 0 Å². The van der Waals surface area contributed by atoms with E-state index in [4.69, 9.17) is 0 Å². The van der Waals surface area contributed by atoms with Crippen molar-refractivity contribution in [2.45, 2.75) is 33.2 Å². The Morgan fingerprint density at radius 2 is 1.88 bits per heavy atom. The van der Waals surface area contributed by atoms with Crippen LogP contribution >= 0.6 is 0 Å². The summed E-state index contributed by atoms with van der Waals surface area (Å²) in [5, 5.41) is 8.43. The van der Waals surface area contributed by atoms with Crippen LogP contribution in [0.15, 0.2) is 36.5 Å². The molecule has 1 aromatic heterocycles. The van der Waals surface area contributed by atoms with Gasteiger partial charge in [0.1, 0.15) is 0 Å². The molecule has 0 saturated heterocycles. The average molecular weight is 229 g/mol. The van der Waals surface area contributed by atoms with Gasteiger partial charge < -0.3 is 0 Å². The Balaban J connectivity index is 2.36. The summed E-state index contributed by atoms with van der Waals surface area (Å²) in [4.78, 5) is 0. The monoisotopic (exact) mass is 229 g/mol. The van der Waals surface area contributed by atoms with E-state index in [1.807, 2.05) is 10.7 Å². The van der Waals surface area contributed by atoms with E-state index in [9.17, 15) is 0 Å². The molecule has 1 aromatic carbocycles. The number of benzene rings is 1. The van der Waals surface area contributed by atoms with Crippen molar-refractivity contribution in [1.82, 2.24) is 15.0 Å². The molecule has 1 atom stereocenters. The summed E-state index contributed by atoms with van der Waals surface area (Å²) >= 11 is 0. The quantitative estimate of drug-likeness (QED) is 0.806. The van der Waals surface area contributed by atoms with Gasteiger partial charge in [0.15, 0.2) is 0 Å². The molecule has 0 aliphatic carbocycles. The van der Waals surface area contributed by atoms with Crippen molar-refractivity contribution in [2.75, 3.05) is 0 Å². The summed E-state index contributed by atoms with van der Waals surface area (Å²) in [6.45, 7) is 7.39. The fraction of sp³-hybridized carbons (Fsp3) is 0.429. The maximum absolute atomic E-state index is 4.30. The average Bonchev–Trinajstić information content (AvgIpc) is 2.79. The van der Waals surface area contributed by atoms with Crippen molar-refractivity contribution < 1.29 is 0 Å². The predicted octanol–water partition coefficient (Wildman–Crippen LogP) is 3.09. The molecule has 2 aromatic rings. The van der Waals surface area contributed by atoms with E-state index in [1.165, 1.54) is 5.56 Å². The van der Waals surface area contributed by atoms with Crippen LogP contribution in [0, 0.1) is 5.92 Å². The zero-order valence-corrected chi connectivity index (χ0v) is 10.7. The SMILES string of the molecule is CCn1cc(C(c2ccccc2)C(C)C)nn1. The number of hydrogen-bond donors (Lipinski definition) is 0. The lowest BCUT2D eigenvalue weighted by Crippen LogP contribution is -2.09. The van der Waals surface area contributed by atoms with Gasteiger partial charge in [-0.2, -0.15) is 0 Å². The third-order valence-corrected chi connectivity index (χ3v) is 3.02. The van der Waals surface area contributed by atoms with Crippen LogP contribution in [0.1, 0.15) is 37.9 Å². The van der Waals surface area contributed by atoms with E-state index >= 15 is 0 Å². The Morgan fingerprint density at radius 1 is 1.18 bits per heavy atom. The largest absolute Gasteiger partial charge is 0.253 e. The van der Waals surface area contributed by atoms with Crippen LogP contribution < -0.4 is 0 Å². The molecule has 2 rings (SSSR count). The number of aromatic nitrogens is 3. The summed E-state index contributed by atoms with van der Waals surface area (Å²) in [5.41, 5.74) is 2.37. The third-order valence-electron chi connectivity index (χ3n) is 3.02. The summed E-state index contributed by atoms with van der Waals surface area (Å²) in [6.07, 6.45) is 2.05. The van der Waals surface area contributed by atoms with E-state index in [0.29, 0.717) is 11.8 Å². The van der Waals surface area contributed by atoms with Crippen LogP contribution in [0.3, 0.4) is 0 Å². The fourth-order valence-corrected chi connectivity index (χ4v) is 2.17. The molecule has 17 heavy (non-hydrogen) atoms. The van der Waals surface area contributed by atoms with E-state index < -0.39 is 0 Å². The zero-order chi connectivity index (χ0) is 12.3. The highest BCUT2D eigenvalue weighted by atomic mass is 15.4. The number of nitrogens with zero attached hydrogens (tertiary/aromatic N) is 3. The van der Waals surface area contributed by atoms with Crippen LogP contribution in [0.4, 0.5) is 0 Å². The van der Waals surface area contributed by atoms with Gasteiger partial charge in [0.05, 0.1) is 5.69 Å². The molecule has 3 heteroatoms. The van der Waals surface area contributed by atoms with Crippen LogP contribution in [-0.4, -0.2) is 15.0 Å². The van der Waals surface area contributed by atoms with E-state index in [2.05, 4.69) is 61.5 Å². The lowest BCUT2D eigenvalue weighted by molar-refractivity contribution is 0.551. The Morgan fingerprint density at radius 3 is 2.41 bits per heavy atom. The fourth-order valence-electron chi connectivity index (χ4n) is 2.17. The van der Waals surface area contributed by atoms with Gasteiger partial charge >= 0.3 is 0 Å². The minimum Gasteiger partial charge on any atom is -0.253 e. The van der Waals surface area contributed by atoms with Crippen molar-refractivity contribution in [3.8, 4) is 0 Å². The Hall–Kier alpha value is -1.64. The zero-order valence-electron chi connectivity index (χ0n) is 10.7. The van der Waals surface area contributed by atoms with E-state index in [1.54, 1.807) is 0 Å². The van der Waals surface area contributed by atoms with Crippen LogP contribution in [0.25, 0.3) is 0 Å². The van der Waals surface area contributed by atoms with Gasteiger partial charge in [-0.05, 0) is 18.4 Å². The Bertz CT molecular complexity index is 459. The molecule has 0 aliphatic rings. The second-order valence-corrected chi connectivity index (χ2v) is 4.63. The molecule has 3 nitrogen and oxygen atoms in total. The second-order valence-electron chi connectivity index (χ2n) is 4.63. The van der Waals surface area contributed by atoms with Gasteiger partial charge in [-0.25, -0.2) is 0 Å². The molecule has 0 fully saturated rings. The van der Waals surface area contributed by atoms with Gasteiger partial charge in [0.2, 0.25) is 0 Å². The highest BCUT2D eigenvalue weighted by Crippen LogP contribution is 2.29. The molecule has 0 amide bonds. The summed E-state index contributed by atoms with van der Waals surface area (Å²) in [7, 11) is 0. The number of aryl methyl sites for hydroxylation is 1. The number of rotatable bonds is 4. The van der Waals surface area contributed by atoms with E-state index in [-0.39, 0.29) is 0 Å². The molecule has 90 valence electrons. The van der Waals surface area contributed by atoms with Gasteiger partial charge in [-0.3, -0.25) is 4.68 Å². The van der Waals surface area contributed by atoms with Gasteiger partial charge in [-0.1, -0.05) is 49.4 Å². The first kappa shape index (κ1) is 11.8. The van der Waals surface area contributed by atoms with Gasteiger partial charge in [-0.15, -0.1) is 5.10 Å². The van der Waals surface area contributed by atoms with Crippen molar-refractivity contribution in [1.29, 1.82) is 0 Å². The first-order valence-corrected chi connectivity index (χ1v) is 6.17. The molecule has 1 unspecified atom stereocenters. The highest BCUT2D eigenvalue weighted by Gasteiger charge is 2.20. The molecule has 0 saturated carbocycles. The summed E-state index contributed by atoms with van der Waals surface area (Å²) in [6, 6.07) is 10.5. The summed E-state index contributed by atoms with van der Waals surface area (Å²) in [5.74, 6) is 0.843. The molecule has 0 radical (unpaired) electrons. The molecular formula is C14H19N3. The maximum Gasteiger partial charge on any atom is 0.0904 e. The molecule has 0 bridgehead atoms. The topological polar surface area (TPSA) is 30.7 Å². The van der Waals surface area contributed by atoms with Gasteiger partial charge in [0, 0.05) is 18.7 Å². The minimum absolute atomic E-state index is 0.330. The smallest absolute Gasteiger partial charge is 0.0904 e. The Labute approximate surface area is 102 Å². The lowest BCUT2D eigenvalue weighted by Gasteiger charge is -2.18. The number of hydrogen-bond acceptors (Lipinski definition) is 2. The predicted molar refractivity (Wildman–Crippen MR) is 68.8 cm³/mol. The normalized spacial score (nSPS) is 12.9. The lowest BCUT2D eigenvalue weighted by atomic mass is 9.86. The maximum atomic E-state index is 4.30. The summed E-state index contributed by atoms with van der Waals surface area (Å²) < 4.78 is 1.88.